The van der Waals surface area contributed by atoms with Crippen molar-refractivity contribution in [1.29, 1.82) is 0 Å². The third kappa shape index (κ3) is 7.67. The van der Waals surface area contributed by atoms with E-state index < -0.39 is 8.38 Å². The van der Waals surface area contributed by atoms with Crippen LogP contribution in [-0.2, 0) is 9.05 Å². The highest BCUT2D eigenvalue weighted by atomic mass is 31.2. The Morgan fingerprint density at radius 2 is 1.21 bits per heavy atom. The number of hydrogen-bond donors (Lipinski definition) is 0. The summed E-state index contributed by atoms with van der Waals surface area (Å²) in [5.41, 5.74) is 0.325. The molecule has 0 atom stereocenters. The fraction of sp³-hybridized carbons (Fsp3) is 0.625. The molecule has 1 rings (SSSR count). The number of rotatable bonds is 5. The zero-order valence-electron chi connectivity index (χ0n) is 13.1. The van der Waals surface area contributed by atoms with Gasteiger partial charge in [0, 0.05) is 0 Å². The van der Waals surface area contributed by atoms with Crippen LogP contribution in [0.3, 0.4) is 0 Å². The van der Waals surface area contributed by atoms with Crippen molar-refractivity contribution in [2.75, 3.05) is 13.2 Å². The number of hydrogen-bond acceptors (Lipinski definition) is 2. The van der Waals surface area contributed by atoms with Crippen LogP contribution in [0.25, 0.3) is 0 Å². The molecule has 0 aliphatic rings. The van der Waals surface area contributed by atoms with Gasteiger partial charge in [-0.3, -0.25) is 0 Å². The third-order valence-corrected chi connectivity index (χ3v) is 3.90. The van der Waals surface area contributed by atoms with Gasteiger partial charge in [-0.25, -0.2) is 9.05 Å². The maximum Gasteiger partial charge on any atom is 0.295 e. The molecule has 0 aliphatic heterocycles. The molecule has 1 aromatic carbocycles. The fourth-order valence-electron chi connectivity index (χ4n) is 1.35. The van der Waals surface area contributed by atoms with Crippen molar-refractivity contribution in [3.8, 4) is 0 Å². The van der Waals surface area contributed by atoms with Crippen LogP contribution in [0.1, 0.15) is 41.5 Å². The van der Waals surface area contributed by atoms with Gasteiger partial charge in [-0.15, -0.1) is 0 Å². The molecule has 1 aromatic rings. The molecule has 0 spiro atoms. The minimum absolute atomic E-state index is 0.162. The Labute approximate surface area is 119 Å². The van der Waals surface area contributed by atoms with Gasteiger partial charge in [0.1, 0.15) is 0 Å². The van der Waals surface area contributed by atoms with E-state index in [1.807, 2.05) is 18.2 Å². The lowest BCUT2D eigenvalue weighted by Gasteiger charge is -2.21. The van der Waals surface area contributed by atoms with Crippen molar-refractivity contribution in [1.82, 2.24) is 0 Å². The third-order valence-electron chi connectivity index (χ3n) is 2.28. The normalized spacial score (nSPS) is 13.0. The minimum Gasteiger partial charge on any atom is -0.203 e. The van der Waals surface area contributed by atoms with Gasteiger partial charge in [0.25, 0.3) is 8.38 Å². The van der Waals surface area contributed by atoms with Gasteiger partial charge >= 0.3 is 0 Å². The van der Waals surface area contributed by atoms with Crippen LogP contribution in [0.15, 0.2) is 30.3 Å². The molecular formula is C16H28O2P+. The van der Waals surface area contributed by atoms with Crippen LogP contribution in [0, 0.1) is 10.8 Å². The van der Waals surface area contributed by atoms with E-state index in [2.05, 4.69) is 53.7 Å². The van der Waals surface area contributed by atoms with Gasteiger partial charge in [0.15, 0.2) is 5.30 Å². The van der Waals surface area contributed by atoms with E-state index in [1.54, 1.807) is 0 Å². The van der Waals surface area contributed by atoms with Crippen LogP contribution in [0.5, 0.6) is 0 Å². The fourth-order valence-corrected chi connectivity index (χ4v) is 3.36. The first-order valence-electron chi connectivity index (χ1n) is 6.85. The maximum absolute atomic E-state index is 6.07. The standard InChI is InChI=1S/C16H27O2P/c1-15(2,3)12-17-19(18-13-16(4,5)6)14-10-8-7-9-11-14/h7-11H,12-13H2,1-6H3/p+1. The minimum atomic E-state index is -1.39. The van der Waals surface area contributed by atoms with Crippen molar-refractivity contribution in [2.45, 2.75) is 41.5 Å². The molecule has 0 aliphatic carbocycles. The van der Waals surface area contributed by atoms with E-state index in [9.17, 15) is 0 Å². The van der Waals surface area contributed by atoms with Gasteiger partial charge in [0.05, 0.1) is 13.2 Å². The zero-order valence-corrected chi connectivity index (χ0v) is 14.1. The second-order valence-electron chi connectivity index (χ2n) is 7.35. The van der Waals surface area contributed by atoms with Gasteiger partial charge in [-0.2, -0.15) is 0 Å². The van der Waals surface area contributed by atoms with Crippen LogP contribution >= 0.6 is 8.38 Å². The van der Waals surface area contributed by atoms with Gasteiger partial charge in [0.2, 0.25) is 0 Å². The van der Waals surface area contributed by atoms with Crippen molar-refractivity contribution >= 4 is 13.7 Å². The summed E-state index contributed by atoms with van der Waals surface area (Å²) in [4.78, 5) is 0. The molecule has 2 nitrogen and oxygen atoms in total. The second-order valence-corrected chi connectivity index (χ2v) is 9.08. The Balaban J connectivity index is 2.68. The molecule has 0 saturated carbocycles. The molecule has 0 bridgehead atoms. The molecule has 0 radical (unpaired) electrons. The summed E-state index contributed by atoms with van der Waals surface area (Å²) in [6.45, 7) is 14.5. The molecule has 0 aromatic heterocycles. The largest absolute Gasteiger partial charge is 0.295 e. The first kappa shape index (κ1) is 16.6. The van der Waals surface area contributed by atoms with Crippen LogP contribution in [-0.4, -0.2) is 13.2 Å². The average molecular weight is 283 g/mol. The average Bonchev–Trinajstić information content (AvgIpc) is 2.27. The topological polar surface area (TPSA) is 18.5 Å². The summed E-state index contributed by atoms with van der Waals surface area (Å²) in [6.07, 6.45) is 0. The molecule has 0 fully saturated rings. The van der Waals surface area contributed by atoms with Crippen molar-refractivity contribution in [2.24, 2.45) is 10.8 Å². The monoisotopic (exact) mass is 283 g/mol. The molecule has 3 heteroatoms. The lowest BCUT2D eigenvalue weighted by Crippen LogP contribution is -2.19. The molecule has 0 saturated heterocycles. The Bertz CT molecular complexity index is 345. The summed E-state index contributed by atoms with van der Waals surface area (Å²) in [5, 5.41) is 1.18. The maximum atomic E-state index is 6.07. The first-order chi connectivity index (χ1) is 8.67. The molecule has 0 unspecified atom stereocenters. The number of benzene rings is 1. The summed E-state index contributed by atoms with van der Waals surface area (Å²) in [5.74, 6) is 0. The smallest absolute Gasteiger partial charge is 0.203 e. The van der Waals surface area contributed by atoms with E-state index in [0.717, 1.165) is 13.2 Å². The van der Waals surface area contributed by atoms with Gasteiger partial charge in [-0.1, -0.05) is 59.7 Å². The zero-order chi connectivity index (χ0) is 14.5. The van der Waals surface area contributed by atoms with E-state index in [0.29, 0.717) is 0 Å². The van der Waals surface area contributed by atoms with E-state index in [1.165, 1.54) is 5.30 Å². The molecule has 0 heterocycles. The lowest BCUT2D eigenvalue weighted by molar-refractivity contribution is 0.154. The lowest BCUT2D eigenvalue weighted by atomic mass is 9.99. The highest BCUT2D eigenvalue weighted by Crippen LogP contribution is 2.40. The predicted octanol–water partition coefficient (Wildman–Crippen LogP) is 4.48. The van der Waals surface area contributed by atoms with Gasteiger partial charge in [-0.05, 0) is 23.0 Å². The van der Waals surface area contributed by atoms with E-state index in [-0.39, 0.29) is 10.8 Å². The Morgan fingerprint density at radius 3 is 1.58 bits per heavy atom. The summed E-state index contributed by atoms with van der Waals surface area (Å²) >= 11 is 0. The molecule has 0 amide bonds. The summed E-state index contributed by atoms with van der Waals surface area (Å²) in [6, 6.07) is 10.3. The second kappa shape index (κ2) is 6.83. The van der Waals surface area contributed by atoms with Crippen molar-refractivity contribution in [3.63, 3.8) is 0 Å². The molecule has 19 heavy (non-hydrogen) atoms. The highest BCUT2D eigenvalue weighted by molar-refractivity contribution is 7.56. The summed E-state index contributed by atoms with van der Waals surface area (Å²) in [7, 11) is -1.39. The molecule has 108 valence electrons. The van der Waals surface area contributed by atoms with Crippen molar-refractivity contribution < 1.29 is 9.05 Å². The Kier molecular flexibility index (Phi) is 5.98. The van der Waals surface area contributed by atoms with Crippen LogP contribution in [0.4, 0.5) is 0 Å². The highest BCUT2D eigenvalue weighted by Gasteiger charge is 2.27. The van der Waals surface area contributed by atoms with E-state index >= 15 is 0 Å². The van der Waals surface area contributed by atoms with Crippen LogP contribution < -0.4 is 5.30 Å². The van der Waals surface area contributed by atoms with Crippen molar-refractivity contribution in [3.05, 3.63) is 30.3 Å². The predicted molar refractivity (Wildman–Crippen MR) is 85.2 cm³/mol. The van der Waals surface area contributed by atoms with E-state index in [4.69, 9.17) is 9.05 Å². The molecular weight excluding hydrogens is 255 g/mol. The van der Waals surface area contributed by atoms with Gasteiger partial charge < -0.3 is 0 Å². The quantitative estimate of drug-likeness (QED) is 0.742. The first-order valence-corrected chi connectivity index (χ1v) is 8.17. The Hall–Kier alpha value is -0.430. The Morgan fingerprint density at radius 1 is 0.789 bits per heavy atom. The van der Waals surface area contributed by atoms with Crippen LogP contribution in [0.2, 0.25) is 0 Å². The summed E-state index contributed by atoms with van der Waals surface area (Å²) < 4.78 is 12.1. The molecule has 0 N–H and O–H groups in total. The SMILES string of the molecule is CC(C)(C)CO[PH+](OCC(C)(C)C)c1ccccc1.